The maximum absolute atomic E-state index is 13.7. The number of aryl methyl sites for hydroxylation is 1. The normalized spacial score (nSPS) is 15.3. The summed E-state index contributed by atoms with van der Waals surface area (Å²) < 4.78 is 29.0. The molecule has 4 rings (SSSR count). The highest BCUT2D eigenvalue weighted by atomic mass is 32.2. The third-order valence-electron chi connectivity index (χ3n) is 6.23. The SMILES string of the molecule is CC(=O)c1cccc(S(=O)(=O)N(Cc2cc3cc(C)ccc3[nH]c2=O)C2CCCCC2)c1. The molecule has 2 aromatic carbocycles. The van der Waals surface area contributed by atoms with Gasteiger partial charge in [-0.3, -0.25) is 9.59 Å². The lowest BCUT2D eigenvalue weighted by molar-refractivity contribution is 0.101. The van der Waals surface area contributed by atoms with Gasteiger partial charge in [0.25, 0.3) is 5.56 Å². The Labute approximate surface area is 188 Å². The molecule has 168 valence electrons. The number of carbonyl (C=O) groups is 1. The van der Waals surface area contributed by atoms with Crippen LogP contribution < -0.4 is 5.56 Å². The second kappa shape index (κ2) is 9.00. The van der Waals surface area contributed by atoms with Gasteiger partial charge in [-0.15, -0.1) is 0 Å². The van der Waals surface area contributed by atoms with Gasteiger partial charge in [0.1, 0.15) is 0 Å². The Morgan fingerprint density at radius 1 is 1.06 bits per heavy atom. The lowest BCUT2D eigenvalue weighted by atomic mass is 9.95. The van der Waals surface area contributed by atoms with Crippen molar-refractivity contribution in [2.24, 2.45) is 0 Å². The average Bonchev–Trinajstić information content (AvgIpc) is 2.78. The molecule has 32 heavy (non-hydrogen) atoms. The number of hydrogen-bond acceptors (Lipinski definition) is 4. The summed E-state index contributed by atoms with van der Waals surface area (Å²) in [5, 5.41) is 0.874. The smallest absolute Gasteiger partial charge is 0.252 e. The summed E-state index contributed by atoms with van der Waals surface area (Å²) >= 11 is 0. The summed E-state index contributed by atoms with van der Waals surface area (Å²) in [5.74, 6) is -0.187. The highest BCUT2D eigenvalue weighted by Gasteiger charge is 2.33. The van der Waals surface area contributed by atoms with E-state index in [1.165, 1.54) is 23.4 Å². The fraction of sp³-hybridized carbons (Fsp3) is 0.360. The van der Waals surface area contributed by atoms with Crippen molar-refractivity contribution in [3.8, 4) is 0 Å². The maximum atomic E-state index is 13.7. The summed E-state index contributed by atoms with van der Waals surface area (Å²) in [5.41, 5.74) is 2.28. The number of rotatable bonds is 6. The van der Waals surface area contributed by atoms with Crippen LogP contribution in [0.1, 0.15) is 60.5 Å². The topological polar surface area (TPSA) is 87.3 Å². The molecule has 0 aliphatic heterocycles. The largest absolute Gasteiger partial charge is 0.322 e. The first kappa shape index (κ1) is 22.4. The quantitative estimate of drug-likeness (QED) is 0.555. The van der Waals surface area contributed by atoms with Gasteiger partial charge in [0.15, 0.2) is 5.78 Å². The highest BCUT2D eigenvalue weighted by Crippen LogP contribution is 2.30. The third kappa shape index (κ3) is 4.54. The van der Waals surface area contributed by atoms with Crippen molar-refractivity contribution in [1.82, 2.24) is 9.29 Å². The molecule has 1 fully saturated rings. The molecule has 1 N–H and O–H groups in total. The van der Waals surface area contributed by atoms with Crippen LogP contribution in [0.4, 0.5) is 0 Å². The molecule has 6 nitrogen and oxygen atoms in total. The van der Waals surface area contributed by atoms with Gasteiger partial charge in [-0.1, -0.05) is 43.0 Å². The van der Waals surface area contributed by atoms with Gasteiger partial charge < -0.3 is 4.98 Å². The number of nitrogens with zero attached hydrogens (tertiary/aromatic N) is 1. The number of carbonyl (C=O) groups excluding carboxylic acids is 1. The number of H-pyrrole nitrogens is 1. The van der Waals surface area contributed by atoms with Crippen molar-refractivity contribution in [3.05, 3.63) is 75.6 Å². The first-order valence-electron chi connectivity index (χ1n) is 11.0. The number of sulfonamides is 1. The lowest BCUT2D eigenvalue weighted by Crippen LogP contribution is -2.42. The van der Waals surface area contributed by atoms with Crippen molar-refractivity contribution in [2.45, 2.75) is 63.4 Å². The second-order valence-corrected chi connectivity index (χ2v) is 10.5. The minimum atomic E-state index is -3.90. The van der Waals surface area contributed by atoms with Crippen molar-refractivity contribution in [3.63, 3.8) is 0 Å². The predicted octanol–water partition coefficient (Wildman–Crippen LogP) is 4.56. The Bertz CT molecular complexity index is 1320. The molecule has 0 saturated heterocycles. The number of aromatic nitrogens is 1. The van der Waals surface area contributed by atoms with Crippen molar-refractivity contribution < 1.29 is 13.2 Å². The molecular formula is C25H28N2O4S. The van der Waals surface area contributed by atoms with E-state index < -0.39 is 10.0 Å². The van der Waals surface area contributed by atoms with E-state index in [0.29, 0.717) is 11.1 Å². The molecule has 1 heterocycles. The zero-order valence-corrected chi connectivity index (χ0v) is 19.2. The average molecular weight is 453 g/mol. The van der Waals surface area contributed by atoms with E-state index in [4.69, 9.17) is 0 Å². The summed E-state index contributed by atoms with van der Waals surface area (Å²) in [4.78, 5) is 27.6. The van der Waals surface area contributed by atoms with Crippen LogP contribution in [0.15, 0.2) is 58.2 Å². The lowest BCUT2D eigenvalue weighted by Gasteiger charge is -2.33. The van der Waals surface area contributed by atoms with E-state index >= 15 is 0 Å². The van der Waals surface area contributed by atoms with Crippen LogP contribution in [-0.2, 0) is 16.6 Å². The molecule has 0 amide bonds. The Hall–Kier alpha value is -2.77. The number of nitrogens with one attached hydrogen (secondary N) is 1. The minimum absolute atomic E-state index is 0.00346. The van der Waals surface area contributed by atoms with E-state index in [1.807, 2.05) is 25.1 Å². The molecule has 1 aromatic heterocycles. The maximum Gasteiger partial charge on any atom is 0.252 e. The molecule has 0 unspecified atom stereocenters. The van der Waals surface area contributed by atoms with Gasteiger partial charge in [0, 0.05) is 29.2 Å². The number of Topliss-reactive ketones (excluding diaryl/α,β-unsaturated/α-hetero) is 1. The third-order valence-corrected chi connectivity index (χ3v) is 8.13. The summed E-state index contributed by atoms with van der Waals surface area (Å²) in [6.45, 7) is 3.39. The van der Waals surface area contributed by atoms with Crippen molar-refractivity contribution in [1.29, 1.82) is 0 Å². The molecule has 1 saturated carbocycles. The van der Waals surface area contributed by atoms with E-state index in [0.717, 1.165) is 48.6 Å². The van der Waals surface area contributed by atoms with Crippen LogP contribution in [0, 0.1) is 6.92 Å². The van der Waals surface area contributed by atoms with Crippen LogP contribution in [-0.4, -0.2) is 29.5 Å². The van der Waals surface area contributed by atoms with Crippen LogP contribution >= 0.6 is 0 Å². The second-order valence-electron chi connectivity index (χ2n) is 8.64. The summed E-state index contributed by atoms with van der Waals surface area (Å²) in [6, 6.07) is 13.5. The number of aromatic amines is 1. The number of fused-ring (bicyclic) bond motifs is 1. The van der Waals surface area contributed by atoms with Gasteiger partial charge in [0.05, 0.1) is 4.90 Å². The fourth-order valence-electron chi connectivity index (χ4n) is 4.45. The van der Waals surface area contributed by atoms with Crippen molar-refractivity contribution >= 4 is 26.7 Å². The molecule has 0 spiro atoms. The number of pyridine rings is 1. The standard InChI is InChI=1S/C25H28N2O4S/c1-17-11-12-24-20(13-17)14-21(25(29)26-24)16-27(22-8-4-3-5-9-22)32(30,31)23-10-6-7-19(15-23)18(2)28/h6-7,10-15,22H,3-5,8-9,16H2,1-2H3,(H,26,29). The van der Waals surface area contributed by atoms with Crippen molar-refractivity contribution in [2.75, 3.05) is 0 Å². The van der Waals surface area contributed by atoms with Gasteiger partial charge >= 0.3 is 0 Å². The first-order chi connectivity index (χ1) is 15.3. The number of ketones is 1. The Kier molecular flexibility index (Phi) is 6.31. The molecule has 3 aromatic rings. The molecular weight excluding hydrogens is 424 g/mol. The number of hydrogen-bond donors (Lipinski definition) is 1. The highest BCUT2D eigenvalue weighted by molar-refractivity contribution is 7.89. The molecule has 1 aliphatic carbocycles. The molecule has 0 bridgehead atoms. The summed E-state index contributed by atoms with van der Waals surface area (Å²) in [6.07, 6.45) is 4.52. The Morgan fingerprint density at radius 2 is 1.81 bits per heavy atom. The Balaban J connectivity index is 1.79. The molecule has 7 heteroatoms. The molecule has 0 atom stereocenters. The first-order valence-corrected chi connectivity index (χ1v) is 12.4. The zero-order chi connectivity index (χ0) is 22.9. The fourth-order valence-corrected chi connectivity index (χ4v) is 6.16. The van der Waals surface area contributed by atoms with Gasteiger partial charge in [-0.05, 0) is 62.4 Å². The van der Waals surface area contributed by atoms with E-state index in [1.54, 1.807) is 18.2 Å². The van der Waals surface area contributed by atoms with Gasteiger partial charge in [-0.2, -0.15) is 4.31 Å². The Morgan fingerprint density at radius 3 is 2.53 bits per heavy atom. The van der Waals surface area contributed by atoms with E-state index in [9.17, 15) is 18.0 Å². The van der Waals surface area contributed by atoms with Crippen LogP contribution in [0.5, 0.6) is 0 Å². The van der Waals surface area contributed by atoms with E-state index in [2.05, 4.69) is 4.98 Å². The predicted molar refractivity (Wildman–Crippen MR) is 125 cm³/mol. The zero-order valence-electron chi connectivity index (χ0n) is 18.4. The molecule has 1 aliphatic rings. The van der Waals surface area contributed by atoms with Gasteiger partial charge in [-0.25, -0.2) is 8.42 Å². The minimum Gasteiger partial charge on any atom is -0.322 e. The molecule has 0 radical (unpaired) electrons. The number of benzene rings is 2. The van der Waals surface area contributed by atoms with Crippen LogP contribution in [0.3, 0.4) is 0 Å². The summed E-state index contributed by atoms with van der Waals surface area (Å²) in [7, 11) is -3.90. The van der Waals surface area contributed by atoms with Crippen LogP contribution in [0.2, 0.25) is 0 Å². The monoisotopic (exact) mass is 452 g/mol. The van der Waals surface area contributed by atoms with Crippen LogP contribution in [0.25, 0.3) is 10.9 Å². The van der Waals surface area contributed by atoms with Gasteiger partial charge in [0.2, 0.25) is 10.0 Å². The van der Waals surface area contributed by atoms with E-state index in [-0.39, 0.29) is 28.8 Å².